The fraction of sp³-hybridized carbons (Fsp3) is 0.417. The molecule has 0 fully saturated rings. The van der Waals surface area contributed by atoms with Gasteiger partial charge in [0.15, 0.2) is 0 Å². The molecule has 0 saturated heterocycles. The second-order valence-corrected chi connectivity index (χ2v) is 3.55. The second-order valence-electron chi connectivity index (χ2n) is 3.55. The molecule has 0 aliphatic rings. The number of carbonyl (C=O) groups excluding carboxylic acids is 1. The lowest BCUT2D eigenvalue weighted by Crippen LogP contribution is -2.35. The molecule has 0 aliphatic carbocycles. The van der Waals surface area contributed by atoms with Gasteiger partial charge in [-0.1, -0.05) is 12.1 Å². The largest absolute Gasteiger partial charge is 0.494 e. The summed E-state index contributed by atoms with van der Waals surface area (Å²) in [6.45, 7) is 4.57. The Morgan fingerprint density at radius 3 is 2.94 bits per heavy atom. The summed E-state index contributed by atoms with van der Waals surface area (Å²) >= 11 is 0. The zero-order valence-corrected chi connectivity index (χ0v) is 10.0. The first kappa shape index (κ1) is 13.3. The number of amides is 2. The lowest BCUT2D eigenvalue weighted by molar-refractivity contribution is 0.249. The van der Waals surface area contributed by atoms with Crippen molar-refractivity contribution in [2.75, 3.05) is 19.7 Å². The molecule has 0 radical (unpaired) electrons. The first-order valence-corrected chi connectivity index (χ1v) is 5.68. The maximum atomic E-state index is 10.4. The molecule has 0 unspecified atom stereocenters. The van der Waals surface area contributed by atoms with E-state index in [0.717, 1.165) is 17.9 Å². The van der Waals surface area contributed by atoms with Gasteiger partial charge in [-0.25, -0.2) is 4.79 Å². The highest BCUT2D eigenvalue weighted by Crippen LogP contribution is 2.12. The molecule has 0 spiro atoms. The molecule has 5 nitrogen and oxygen atoms in total. The molecule has 5 heteroatoms. The number of nitrogens with two attached hydrogens (primary N) is 1. The van der Waals surface area contributed by atoms with Gasteiger partial charge in [0, 0.05) is 19.6 Å². The fourth-order valence-corrected chi connectivity index (χ4v) is 1.42. The Hall–Kier alpha value is -1.75. The van der Waals surface area contributed by atoms with Crippen LogP contribution >= 0.6 is 0 Å². The van der Waals surface area contributed by atoms with E-state index in [0.29, 0.717) is 19.7 Å². The fourth-order valence-electron chi connectivity index (χ4n) is 1.42. The first-order valence-electron chi connectivity index (χ1n) is 5.68. The minimum atomic E-state index is -0.495. The van der Waals surface area contributed by atoms with E-state index in [4.69, 9.17) is 10.5 Å². The third-order valence-corrected chi connectivity index (χ3v) is 2.14. The monoisotopic (exact) mass is 237 g/mol. The van der Waals surface area contributed by atoms with Gasteiger partial charge >= 0.3 is 6.03 Å². The van der Waals surface area contributed by atoms with Crippen molar-refractivity contribution in [1.29, 1.82) is 0 Å². The van der Waals surface area contributed by atoms with Crippen LogP contribution in [0.3, 0.4) is 0 Å². The minimum Gasteiger partial charge on any atom is -0.494 e. The Labute approximate surface area is 101 Å². The first-order chi connectivity index (χ1) is 8.22. The van der Waals surface area contributed by atoms with Crippen molar-refractivity contribution in [1.82, 2.24) is 10.6 Å². The van der Waals surface area contributed by atoms with Crippen LogP contribution in [0.15, 0.2) is 24.3 Å². The smallest absolute Gasteiger partial charge is 0.312 e. The predicted molar refractivity (Wildman–Crippen MR) is 66.9 cm³/mol. The zero-order valence-electron chi connectivity index (χ0n) is 10.0. The van der Waals surface area contributed by atoms with Gasteiger partial charge in [0.1, 0.15) is 5.75 Å². The summed E-state index contributed by atoms with van der Waals surface area (Å²) in [6, 6.07) is 7.42. The van der Waals surface area contributed by atoms with Crippen LogP contribution in [-0.2, 0) is 6.54 Å². The van der Waals surface area contributed by atoms with Crippen molar-refractivity contribution >= 4 is 6.03 Å². The Balaban J connectivity index is 2.26. The number of nitrogens with one attached hydrogen (secondary N) is 2. The molecule has 0 bridgehead atoms. The summed E-state index contributed by atoms with van der Waals surface area (Å²) < 4.78 is 5.40. The van der Waals surface area contributed by atoms with Crippen molar-refractivity contribution in [2.45, 2.75) is 13.5 Å². The average Bonchev–Trinajstić information content (AvgIpc) is 2.29. The van der Waals surface area contributed by atoms with Crippen molar-refractivity contribution in [3.05, 3.63) is 29.8 Å². The summed E-state index contributed by atoms with van der Waals surface area (Å²) in [5.74, 6) is 0.877. The molecule has 1 aromatic rings. The molecule has 2 amide bonds. The maximum Gasteiger partial charge on any atom is 0.312 e. The number of carbonyl (C=O) groups is 1. The number of urea groups is 1. The summed E-state index contributed by atoms with van der Waals surface area (Å²) in [7, 11) is 0. The highest BCUT2D eigenvalue weighted by molar-refractivity contribution is 5.71. The third kappa shape index (κ3) is 5.77. The minimum absolute atomic E-state index is 0.495. The molecule has 1 aromatic carbocycles. The number of hydrogen-bond acceptors (Lipinski definition) is 3. The average molecular weight is 237 g/mol. The SMILES string of the molecule is CCOc1cccc(CNCCNC(N)=O)c1. The molecule has 0 saturated carbocycles. The quantitative estimate of drug-likeness (QED) is 0.615. The van der Waals surface area contributed by atoms with Crippen molar-refractivity contribution < 1.29 is 9.53 Å². The van der Waals surface area contributed by atoms with Crippen LogP contribution in [0, 0.1) is 0 Å². The van der Waals surface area contributed by atoms with Crippen LogP contribution in [0.25, 0.3) is 0 Å². The van der Waals surface area contributed by atoms with Gasteiger partial charge in [-0.05, 0) is 24.6 Å². The Morgan fingerprint density at radius 1 is 1.41 bits per heavy atom. The normalized spacial score (nSPS) is 9.94. The van der Waals surface area contributed by atoms with Crippen molar-refractivity contribution in [3.63, 3.8) is 0 Å². The van der Waals surface area contributed by atoms with E-state index >= 15 is 0 Å². The van der Waals surface area contributed by atoms with Crippen molar-refractivity contribution in [2.24, 2.45) is 5.73 Å². The number of primary amides is 1. The number of rotatable bonds is 7. The molecule has 94 valence electrons. The topological polar surface area (TPSA) is 76.4 Å². The molecule has 17 heavy (non-hydrogen) atoms. The number of ether oxygens (including phenoxy) is 1. The van der Waals surface area contributed by atoms with Gasteiger partial charge in [0.2, 0.25) is 0 Å². The molecule has 1 rings (SSSR count). The highest BCUT2D eigenvalue weighted by atomic mass is 16.5. The molecular formula is C12H19N3O2. The van der Waals surface area contributed by atoms with E-state index in [-0.39, 0.29) is 0 Å². The van der Waals surface area contributed by atoms with Gasteiger partial charge in [0.05, 0.1) is 6.61 Å². The van der Waals surface area contributed by atoms with Crippen LogP contribution in [0.1, 0.15) is 12.5 Å². The highest BCUT2D eigenvalue weighted by Gasteiger charge is 1.96. The van der Waals surface area contributed by atoms with Gasteiger partial charge in [0.25, 0.3) is 0 Å². The van der Waals surface area contributed by atoms with Crippen molar-refractivity contribution in [3.8, 4) is 5.75 Å². The second kappa shape index (κ2) is 7.51. The maximum absolute atomic E-state index is 10.4. The third-order valence-electron chi connectivity index (χ3n) is 2.14. The molecule has 0 aromatic heterocycles. The van der Waals surface area contributed by atoms with E-state index in [1.807, 2.05) is 31.2 Å². The van der Waals surface area contributed by atoms with Crippen LogP contribution in [-0.4, -0.2) is 25.7 Å². The van der Waals surface area contributed by atoms with Crippen LogP contribution in [0.4, 0.5) is 4.79 Å². The summed E-state index contributed by atoms with van der Waals surface area (Å²) in [5, 5.41) is 5.72. The van der Waals surface area contributed by atoms with E-state index in [9.17, 15) is 4.79 Å². The summed E-state index contributed by atoms with van der Waals surface area (Å²) in [5.41, 5.74) is 6.09. The Bertz CT molecular complexity index is 355. The van der Waals surface area contributed by atoms with E-state index in [2.05, 4.69) is 10.6 Å². The Kier molecular flexibility index (Phi) is 5.88. The summed E-state index contributed by atoms with van der Waals surface area (Å²) in [6.07, 6.45) is 0. The van der Waals surface area contributed by atoms with E-state index < -0.39 is 6.03 Å². The van der Waals surface area contributed by atoms with E-state index in [1.165, 1.54) is 0 Å². The number of benzene rings is 1. The number of hydrogen-bond donors (Lipinski definition) is 3. The molecule has 4 N–H and O–H groups in total. The van der Waals surface area contributed by atoms with E-state index in [1.54, 1.807) is 0 Å². The molecule has 0 aliphatic heterocycles. The lowest BCUT2D eigenvalue weighted by atomic mass is 10.2. The van der Waals surface area contributed by atoms with Crippen LogP contribution in [0.2, 0.25) is 0 Å². The predicted octanol–water partition coefficient (Wildman–Crippen LogP) is 0.843. The molecule has 0 atom stereocenters. The molecule has 0 heterocycles. The Morgan fingerprint density at radius 2 is 2.24 bits per heavy atom. The lowest BCUT2D eigenvalue weighted by Gasteiger charge is -2.07. The van der Waals surface area contributed by atoms with Gasteiger partial charge in [-0.3, -0.25) is 0 Å². The van der Waals surface area contributed by atoms with Crippen LogP contribution in [0.5, 0.6) is 5.75 Å². The molecular weight excluding hydrogens is 218 g/mol. The summed E-state index contributed by atoms with van der Waals surface area (Å²) in [4.78, 5) is 10.4. The van der Waals surface area contributed by atoms with Crippen LogP contribution < -0.4 is 21.1 Å². The standard InChI is InChI=1S/C12H19N3O2/c1-2-17-11-5-3-4-10(8-11)9-14-6-7-15-12(13)16/h3-5,8,14H,2,6-7,9H2,1H3,(H3,13,15,16). The van der Waals surface area contributed by atoms with Gasteiger partial charge < -0.3 is 21.1 Å². The zero-order chi connectivity index (χ0) is 12.5. The van der Waals surface area contributed by atoms with Gasteiger partial charge in [-0.2, -0.15) is 0 Å². The van der Waals surface area contributed by atoms with Gasteiger partial charge in [-0.15, -0.1) is 0 Å².